The van der Waals surface area contributed by atoms with Crippen LogP contribution in [0.5, 0.6) is 5.75 Å². The van der Waals surface area contributed by atoms with Gasteiger partial charge in [-0.1, -0.05) is 11.6 Å². The number of benzene rings is 1. The van der Waals surface area contributed by atoms with Crippen molar-refractivity contribution in [2.45, 2.75) is 20.0 Å². The molecule has 12 heteroatoms. The summed E-state index contributed by atoms with van der Waals surface area (Å²) in [5.41, 5.74) is -3.81. The van der Waals surface area contributed by atoms with Crippen molar-refractivity contribution in [2.75, 3.05) is 19.8 Å². The maximum atomic E-state index is 13.0. The minimum Gasteiger partial charge on any atom is -0.494 e. The van der Waals surface area contributed by atoms with E-state index in [1.54, 1.807) is 13.8 Å². The summed E-state index contributed by atoms with van der Waals surface area (Å²) in [6, 6.07) is 4.13. The Balaban J connectivity index is 2.42. The van der Waals surface area contributed by atoms with Crippen LogP contribution in [0.2, 0.25) is 5.02 Å². The standard InChI is InChI=1S/C20H20ClF3N2O6/c1-4-30-13(9-18(28)31-5-2)11-32-15-8-12(6-7-14(15)21)26-17(27)10-16(20(22,23)24)25(3)19(26)29/h6-10H,4-5,11H2,1-3H3. The van der Waals surface area contributed by atoms with Gasteiger partial charge in [0.15, 0.2) is 0 Å². The van der Waals surface area contributed by atoms with Gasteiger partial charge in [-0.15, -0.1) is 0 Å². The van der Waals surface area contributed by atoms with Gasteiger partial charge in [-0.05, 0) is 26.0 Å². The number of esters is 1. The van der Waals surface area contributed by atoms with E-state index in [1.807, 2.05) is 0 Å². The maximum Gasteiger partial charge on any atom is 0.431 e. The number of halogens is 4. The lowest BCUT2D eigenvalue weighted by atomic mass is 10.3. The first-order valence-corrected chi connectivity index (χ1v) is 9.70. The monoisotopic (exact) mass is 476 g/mol. The molecule has 0 aliphatic rings. The summed E-state index contributed by atoms with van der Waals surface area (Å²) >= 11 is 6.10. The fourth-order valence-electron chi connectivity index (χ4n) is 2.65. The van der Waals surface area contributed by atoms with Crippen LogP contribution in [-0.4, -0.2) is 34.9 Å². The molecule has 0 aliphatic heterocycles. The van der Waals surface area contributed by atoms with Crippen molar-refractivity contribution < 1.29 is 32.2 Å². The predicted octanol–water partition coefficient (Wildman–Crippen LogP) is 3.07. The average Bonchev–Trinajstić information content (AvgIpc) is 2.70. The fourth-order valence-corrected chi connectivity index (χ4v) is 2.82. The quantitative estimate of drug-likeness (QED) is 0.330. The molecule has 0 saturated heterocycles. The van der Waals surface area contributed by atoms with Gasteiger partial charge in [0.1, 0.15) is 23.8 Å². The Morgan fingerprint density at radius 3 is 2.38 bits per heavy atom. The van der Waals surface area contributed by atoms with Crippen LogP contribution in [0, 0.1) is 0 Å². The molecule has 0 spiro atoms. The molecule has 0 amide bonds. The SMILES string of the molecule is CCOC(=O)C=C(COc1cc(-n2c(=O)cc(C(F)(F)F)n(C)c2=O)ccc1Cl)OCC. The Kier molecular flexibility index (Phi) is 8.14. The van der Waals surface area contributed by atoms with Crippen molar-refractivity contribution in [1.82, 2.24) is 9.13 Å². The number of carbonyl (C=O) groups excluding carboxylic acids is 1. The molecule has 1 aromatic carbocycles. The highest BCUT2D eigenvalue weighted by Crippen LogP contribution is 2.28. The smallest absolute Gasteiger partial charge is 0.431 e. The van der Waals surface area contributed by atoms with Crippen molar-refractivity contribution >= 4 is 17.6 Å². The first-order chi connectivity index (χ1) is 15.0. The van der Waals surface area contributed by atoms with Crippen molar-refractivity contribution in [1.29, 1.82) is 0 Å². The Bertz CT molecular complexity index is 1140. The van der Waals surface area contributed by atoms with E-state index in [4.69, 9.17) is 25.8 Å². The minimum absolute atomic E-state index is 0.00693. The van der Waals surface area contributed by atoms with Crippen LogP contribution in [0.25, 0.3) is 5.69 Å². The molecule has 0 aliphatic carbocycles. The molecule has 0 atom stereocenters. The molecule has 8 nitrogen and oxygen atoms in total. The van der Waals surface area contributed by atoms with Gasteiger partial charge < -0.3 is 14.2 Å². The summed E-state index contributed by atoms with van der Waals surface area (Å²) in [6.45, 7) is 3.50. The summed E-state index contributed by atoms with van der Waals surface area (Å²) in [4.78, 5) is 36.4. The molecule has 0 bridgehead atoms. The van der Waals surface area contributed by atoms with E-state index in [9.17, 15) is 27.6 Å². The highest BCUT2D eigenvalue weighted by molar-refractivity contribution is 6.32. The molecule has 32 heavy (non-hydrogen) atoms. The third-order valence-corrected chi connectivity index (χ3v) is 4.36. The molecule has 1 heterocycles. The van der Waals surface area contributed by atoms with E-state index in [1.165, 1.54) is 18.2 Å². The largest absolute Gasteiger partial charge is 0.494 e. The summed E-state index contributed by atoms with van der Waals surface area (Å²) in [5.74, 6) is -0.498. The number of rotatable bonds is 8. The number of hydrogen-bond donors (Lipinski definition) is 0. The van der Waals surface area contributed by atoms with Crippen LogP contribution < -0.4 is 16.0 Å². The maximum absolute atomic E-state index is 13.0. The van der Waals surface area contributed by atoms with Crippen LogP contribution in [-0.2, 0) is 27.5 Å². The van der Waals surface area contributed by atoms with Gasteiger partial charge in [-0.3, -0.25) is 9.36 Å². The zero-order chi connectivity index (χ0) is 24.1. The summed E-state index contributed by atoms with van der Waals surface area (Å²) in [6.07, 6.45) is -3.78. The molecule has 0 radical (unpaired) electrons. The number of aromatic nitrogens is 2. The van der Waals surface area contributed by atoms with Crippen LogP contribution in [0.4, 0.5) is 13.2 Å². The number of hydrogen-bond acceptors (Lipinski definition) is 6. The minimum atomic E-state index is -4.87. The van der Waals surface area contributed by atoms with Gasteiger partial charge in [-0.2, -0.15) is 13.2 Å². The van der Waals surface area contributed by atoms with Crippen molar-refractivity contribution in [2.24, 2.45) is 7.05 Å². The van der Waals surface area contributed by atoms with E-state index < -0.39 is 29.1 Å². The number of ether oxygens (including phenoxy) is 3. The summed E-state index contributed by atoms with van der Waals surface area (Å²) in [7, 11) is 0.906. The average molecular weight is 477 g/mol. The highest BCUT2D eigenvalue weighted by atomic mass is 35.5. The van der Waals surface area contributed by atoms with Gasteiger partial charge in [-0.25, -0.2) is 14.2 Å². The number of alkyl halides is 3. The first-order valence-electron chi connectivity index (χ1n) is 9.32. The van der Waals surface area contributed by atoms with Gasteiger partial charge in [0, 0.05) is 19.2 Å². The third kappa shape index (κ3) is 5.94. The molecule has 0 unspecified atom stereocenters. The van der Waals surface area contributed by atoms with E-state index >= 15 is 0 Å². The topological polar surface area (TPSA) is 88.8 Å². The molecule has 2 aromatic rings. The Morgan fingerprint density at radius 1 is 1.12 bits per heavy atom. The predicted molar refractivity (Wildman–Crippen MR) is 109 cm³/mol. The lowest BCUT2D eigenvalue weighted by Crippen LogP contribution is -2.40. The number of carbonyl (C=O) groups is 1. The molecule has 0 saturated carbocycles. The van der Waals surface area contributed by atoms with E-state index in [-0.39, 0.29) is 42.0 Å². The molecular weight excluding hydrogens is 457 g/mol. The van der Waals surface area contributed by atoms with Crippen molar-refractivity contribution in [3.63, 3.8) is 0 Å². The van der Waals surface area contributed by atoms with Gasteiger partial charge in [0.25, 0.3) is 5.56 Å². The van der Waals surface area contributed by atoms with Gasteiger partial charge in [0.2, 0.25) is 0 Å². The van der Waals surface area contributed by atoms with Crippen LogP contribution >= 0.6 is 11.6 Å². The van der Waals surface area contributed by atoms with Crippen LogP contribution in [0.3, 0.4) is 0 Å². The zero-order valence-electron chi connectivity index (χ0n) is 17.4. The van der Waals surface area contributed by atoms with Gasteiger partial charge in [0.05, 0.1) is 30.0 Å². The zero-order valence-corrected chi connectivity index (χ0v) is 18.1. The first kappa shape index (κ1) is 25.1. The summed E-state index contributed by atoms with van der Waals surface area (Å²) in [5, 5.41) is 0.0949. The van der Waals surface area contributed by atoms with Gasteiger partial charge >= 0.3 is 17.8 Å². The highest BCUT2D eigenvalue weighted by Gasteiger charge is 2.35. The second-order valence-corrected chi connectivity index (χ2v) is 6.65. The molecule has 2 rings (SSSR count). The van der Waals surface area contributed by atoms with Crippen LogP contribution in [0.1, 0.15) is 19.5 Å². The lowest BCUT2D eigenvalue weighted by Gasteiger charge is -2.15. The van der Waals surface area contributed by atoms with E-state index in [0.717, 1.165) is 13.1 Å². The summed E-state index contributed by atoms with van der Waals surface area (Å²) < 4.78 is 55.7. The third-order valence-electron chi connectivity index (χ3n) is 4.05. The van der Waals surface area contributed by atoms with Crippen molar-refractivity contribution in [3.05, 3.63) is 67.7 Å². The lowest BCUT2D eigenvalue weighted by molar-refractivity contribution is -0.144. The number of nitrogens with zero attached hydrogens (tertiary/aromatic N) is 2. The van der Waals surface area contributed by atoms with E-state index in [2.05, 4.69) is 0 Å². The molecule has 0 N–H and O–H groups in total. The molecule has 174 valence electrons. The van der Waals surface area contributed by atoms with Crippen molar-refractivity contribution in [3.8, 4) is 11.4 Å². The molecular formula is C20H20ClF3N2O6. The molecule has 1 aromatic heterocycles. The fraction of sp³-hybridized carbons (Fsp3) is 0.350. The van der Waals surface area contributed by atoms with E-state index in [0.29, 0.717) is 15.2 Å². The Morgan fingerprint density at radius 2 is 1.78 bits per heavy atom. The Labute approximate surface area is 185 Å². The second-order valence-electron chi connectivity index (χ2n) is 6.24. The second kappa shape index (κ2) is 10.4. The molecule has 0 fully saturated rings. The van der Waals surface area contributed by atoms with Crippen LogP contribution in [0.15, 0.2) is 45.7 Å². The Hall–Kier alpha value is -3.21. The normalized spacial score (nSPS) is 11.9.